The number of phenols is 2. The van der Waals surface area contributed by atoms with E-state index >= 15 is 0 Å². The average Bonchev–Trinajstić information content (AvgIpc) is 1.72. The molecular weight excluding hydrogens is 1200 g/mol. The third kappa shape index (κ3) is 22.4. The molecule has 0 radical (unpaired) electrons. The summed E-state index contributed by atoms with van der Waals surface area (Å²) < 4.78 is 0. The number of para-hydroxylation sites is 1. The second-order valence-electron chi connectivity index (χ2n) is 23.2. The van der Waals surface area contributed by atoms with Crippen molar-refractivity contribution in [3.8, 4) is 11.5 Å². The molecule has 1 saturated heterocycles. The third-order valence-corrected chi connectivity index (χ3v) is 15.4. The van der Waals surface area contributed by atoms with Crippen LogP contribution in [0.5, 0.6) is 11.5 Å². The number of hydrogen-bond acceptors (Lipinski definition) is 17. The highest BCUT2D eigenvalue weighted by atomic mass is 16.4. The fourth-order valence-electron chi connectivity index (χ4n) is 10.1. The number of carboxylic acids is 2. The molecule has 1 fully saturated rings. The fraction of sp³-hybridized carbons (Fsp3) is 0.484. The van der Waals surface area contributed by atoms with Crippen molar-refractivity contribution in [3.63, 3.8) is 0 Å². The van der Waals surface area contributed by atoms with E-state index in [4.69, 9.17) is 5.73 Å². The first-order valence-corrected chi connectivity index (χ1v) is 30.2. The van der Waals surface area contributed by atoms with Gasteiger partial charge in [-0.15, -0.1) is 0 Å². The Hall–Kier alpha value is -9.68. The van der Waals surface area contributed by atoms with Crippen molar-refractivity contribution in [3.05, 3.63) is 95.7 Å². The molecule has 3 aromatic carbocycles. The molecule has 1 aromatic heterocycles. The van der Waals surface area contributed by atoms with Crippen LogP contribution in [0.2, 0.25) is 0 Å². The number of aliphatic hydroxyl groups excluding tert-OH is 2. The van der Waals surface area contributed by atoms with Crippen molar-refractivity contribution < 1.29 is 88.2 Å². The van der Waals surface area contributed by atoms with Gasteiger partial charge in [0, 0.05) is 42.8 Å². The van der Waals surface area contributed by atoms with Crippen molar-refractivity contribution >= 4 is 81.9 Å². The van der Waals surface area contributed by atoms with Crippen LogP contribution in [0.3, 0.4) is 0 Å². The lowest BCUT2D eigenvalue weighted by Gasteiger charge is -2.29. The molecule has 2 heterocycles. The largest absolute Gasteiger partial charge is 0.508 e. The maximum atomic E-state index is 14.6. The van der Waals surface area contributed by atoms with Gasteiger partial charge in [0.25, 0.3) is 0 Å². The summed E-state index contributed by atoms with van der Waals surface area (Å²) in [4.78, 5) is 166. The number of fused-ring (bicyclic) bond motifs is 1. The van der Waals surface area contributed by atoms with Gasteiger partial charge in [-0.2, -0.15) is 0 Å². The summed E-state index contributed by atoms with van der Waals surface area (Å²) in [7, 11) is 0. The number of aliphatic carboxylic acids is 2. The van der Waals surface area contributed by atoms with Gasteiger partial charge in [-0.25, -0.2) is 4.79 Å². The minimum atomic E-state index is -2.05. The molecule has 92 heavy (non-hydrogen) atoms. The number of amides is 10. The van der Waals surface area contributed by atoms with Crippen LogP contribution in [0.15, 0.2) is 79.0 Å². The summed E-state index contributed by atoms with van der Waals surface area (Å²) in [6, 6.07) is 2.98. The van der Waals surface area contributed by atoms with Gasteiger partial charge >= 0.3 is 11.9 Å². The van der Waals surface area contributed by atoms with Crippen molar-refractivity contribution in [1.82, 2.24) is 58.2 Å². The second kappa shape index (κ2) is 35.1. The van der Waals surface area contributed by atoms with Crippen LogP contribution in [-0.4, -0.2) is 186 Å². The summed E-state index contributed by atoms with van der Waals surface area (Å²) >= 11 is 0. The van der Waals surface area contributed by atoms with Gasteiger partial charge < -0.3 is 94.5 Å². The van der Waals surface area contributed by atoms with E-state index < -0.39 is 175 Å². The van der Waals surface area contributed by atoms with E-state index in [9.17, 15) is 88.2 Å². The molecule has 5 rings (SSSR count). The summed E-state index contributed by atoms with van der Waals surface area (Å²) in [6.07, 6.45) is -1.51. The number of primary amides is 1. The molecule has 1 aliphatic rings. The number of nitrogens with two attached hydrogens (primary N) is 1. The first kappa shape index (κ1) is 73.1. The van der Waals surface area contributed by atoms with Crippen molar-refractivity contribution in [2.24, 2.45) is 17.6 Å². The van der Waals surface area contributed by atoms with E-state index in [0.717, 1.165) is 13.3 Å². The van der Waals surface area contributed by atoms with Gasteiger partial charge in [-0.3, -0.25) is 52.7 Å². The highest BCUT2D eigenvalue weighted by Crippen LogP contribution is 2.21. The lowest BCUT2D eigenvalue weighted by molar-refractivity contribution is -0.142. The van der Waals surface area contributed by atoms with Crippen LogP contribution in [0.4, 0.5) is 0 Å². The standard InChI is InChI=1S/C62H84N12O18/c1-6-32(4)51(73-57(86)44(25-34-13-17-37(77)18-14-34)68-53(82)41-12-9-23-64-41)60(89)70-45(27-36-29-65-40-11-8-7-10-39(36)40)56(85)72-48(30-75)59(88)67-43(24-31(2)3)55(84)69-46(28-50(80)81)58(87)74-52(33(5)76)61(90)66-42(21-22-49(63)79)54(83)71-47(62(91)92)26-35-15-19-38(78)20-16-35/h7-8,10-11,13-20,29,31-33,41-48,51-52,64-65,75-78H,6,9,12,21-28,30H2,1-5H3,(H2,63,79)(H,66,90)(H,67,88)(H,68,82)(H,69,84)(H,70,89)(H,71,83)(H,72,85)(H,73,86)(H,74,87)(H,80,81)(H,91,92)/t32-,33+,41-,42-,43-,44-,45-,46-,47-,48-,51-,52-/m0/s1. The Balaban J connectivity index is 1.34. The smallest absolute Gasteiger partial charge is 0.326 e. The first-order chi connectivity index (χ1) is 43.6. The number of aliphatic hydroxyl groups is 2. The van der Waals surface area contributed by atoms with Crippen LogP contribution in [0.25, 0.3) is 10.9 Å². The molecule has 12 atom stereocenters. The van der Waals surface area contributed by atoms with Gasteiger partial charge in [0.2, 0.25) is 59.1 Å². The molecule has 30 heteroatoms. The molecular formula is C62H84N12O18. The molecule has 4 aromatic rings. The van der Waals surface area contributed by atoms with Gasteiger partial charge in [-0.05, 0) is 98.0 Å². The Kier molecular flexibility index (Phi) is 27.8. The second-order valence-corrected chi connectivity index (χ2v) is 23.2. The van der Waals surface area contributed by atoms with Crippen molar-refractivity contribution in [2.45, 2.75) is 165 Å². The van der Waals surface area contributed by atoms with Gasteiger partial charge in [0.15, 0.2) is 0 Å². The predicted molar refractivity (Wildman–Crippen MR) is 330 cm³/mol. The summed E-state index contributed by atoms with van der Waals surface area (Å²) in [5.74, 6) is -14.3. The highest BCUT2D eigenvalue weighted by molar-refractivity contribution is 6.00. The number of hydrogen-bond donors (Lipinski definition) is 18. The van der Waals surface area contributed by atoms with Crippen LogP contribution < -0.4 is 58.9 Å². The predicted octanol–water partition coefficient (Wildman–Crippen LogP) is -1.99. The minimum Gasteiger partial charge on any atom is -0.508 e. The quantitative estimate of drug-likeness (QED) is 0.0234. The molecule has 10 amide bonds. The molecule has 0 spiro atoms. The number of aromatic nitrogens is 1. The van der Waals surface area contributed by atoms with Gasteiger partial charge in [0.05, 0.1) is 25.2 Å². The number of phenolic OH excluding ortho intramolecular Hbond substituents is 2. The number of aromatic amines is 1. The zero-order valence-corrected chi connectivity index (χ0v) is 51.7. The van der Waals surface area contributed by atoms with E-state index in [-0.39, 0.29) is 37.2 Å². The number of benzene rings is 3. The number of nitrogens with one attached hydrogen (secondary N) is 11. The zero-order chi connectivity index (χ0) is 67.9. The van der Waals surface area contributed by atoms with Crippen molar-refractivity contribution in [1.29, 1.82) is 0 Å². The fourth-order valence-corrected chi connectivity index (χ4v) is 10.1. The molecule has 1 aliphatic heterocycles. The van der Waals surface area contributed by atoms with E-state index in [2.05, 4.69) is 58.2 Å². The van der Waals surface area contributed by atoms with Crippen molar-refractivity contribution in [2.75, 3.05) is 13.2 Å². The first-order valence-electron chi connectivity index (χ1n) is 30.2. The van der Waals surface area contributed by atoms with Crippen LogP contribution >= 0.6 is 0 Å². The Morgan fingerprint density at radius 2 is 1.07 bits per heavy atom. The lowest BCUT2D eigenvalue weighted by Crippen LogP contribution is -2.62. The number of H-pyrrole nitrogens is 1. The third-order valence-electron chi connectivity index (χ3n) is 15.4. The lowest BCUT2D eigenvalue weighted by atomic mass is 9.96. The van der Waals surface area contributed by atoms with Crippen LogP contribution in [-0.2, 0) is 76.8 Å². The zero-order valence-electron chi connectivity index (χ0n) is 51.7. The number of carbonyl (C=O) groups is 12. The maximum Gasteiger partial charge on any atom is 0.326 e. The van der Waals surface area contributed by atoms with Crippen LogP contribution in [0, 0.1) is 11.8 Å². The van der Waals surface area contributed by atoms with Gasteiger partial charge in [-0.1, -0.05) is 76.6 Å². The van der Waals surface area contributed by atoms with E-state index in [0.29, 0.717) is 47.0 Å². The number of carbonyl (C=O) groups excluding carboxylic acids is 10. The SMILES string of the molecule is CC[C@H](C)[C@H](NC(=O)[C@H](Cc1ccc(O)cc1)NC(=O)[C@@H]1CCCN1)C(=O)N[C@@H](Cc1c[nH]c2ccccc12)C(=O)N[C@@H](CO)C(=O)N[C@@H](CC(C)C)C(=O)N[C@@H](CC(=O)O)C(=O)N[C@H](C(=O)N[C@@H](CCC(N)=O)C(=O)N[C@@H](Cc1ccc(O)cc1)C(=O)O)[C@@H](C)O. The van der Waals surface area contributed by atoms with Crippen LogP contribution in [0.1, 0.15) is 96.3 Å². The minimum absolute atomic E-state index is 0.0242. The molecule has 19 N–H and O–H groups in total. The summed E-state index contributed by atoms with van der Waals surface area (Å²) in [5.41, 5.74) is 7.47. The summed E-state index contributed by atoms with van der Waals surface area (Å²) in [5, 5.41) is 86.6. The van der Waals surface area contributed by atoms with E-state index in [1.807, 2.05) is 0 Å². The molecule has 0 bridgehead atoms. The number of carboxylic acid groups (broad SMARTS) is 2. The molecule has 0 aliphatic carbocycles. The highest BCUT2D eigenvalue weighted by Gasteiger charge is 2.39. The summed E-state index contributed by atoms with van der Waals surface area (Å²) in [6.45, 7) is 7.30. The Morgan fingerprint density at radius 1 is 0.576 bits per heavy atom. The van der Waals surface area contributed by atoms with Gasteiger partial charge in [0.1, 0.15) is 65.9 Å². The topological polar surface area (TPSA) is 488 Å². The molecule has 30 nitrogen and oxygen atoms in total. The maximum absolute atomic E-state index is 14.6. The normalized spacial score (nSPS) is 16.5. The van der Waals surface area contributed by atoms with E-state index in [1.54, 1.807) is 70.3 Å². The number of aromatic hydroxyl groups is 2. The van der Waals surface area contributed by atoms with E-state index in [1.165, 1.54) is 36.4 Å². The Bertz CT molecular complexity index is 3240. The Labute approximate surface area is 529 Å². The molecule has 500 valence electrons. The average molecular weight is 1290 g/mol. The number of rotatable bonds is 36. The Morgan fingerprint density at radius 3 is 1.62 bits per heavy atom. The molecule has 0 unspecified atom stereocenters. The monoisotopic (exact) mass is 1280 g/mol. The molecule has 0 saturated carbocycles.